The van der Waals surface area contributed by atoms with Gasteiger partial charge in [0, 0.05) is 0 Å². The van der Waals surface area contributed by atoms with Gasteiger partial charge in [0.25, 0.3) is 0 Å². The van der Waals surface area contributed by atoms with E-state index < -0.39 is 12.0 Å². The zero-order valence-corrected chi connectivity index (χ0v) is 10.8. The number of nitrogens with one attached hydrogen (secondary N) is 2. The molecule has 1 atom stereocenters. The van der Waals surface area contributed by atoms with E-state index in [1.807, 2.05) is 0 Å². The van der Waals surface area contributed by atoms with Crippen LogP contribution in [0.5, 0.6) is 0 Å². The number of hydrazine groups is 1. The molecule has 0 spiro atoms. The lowest BCUT2D eigenvalue weighted by atomic mass is 10.3. The lowest BCUT2D eigenvalue weighted by Crippen LogP contribution is -2.28. The minimum atomic E-state index is -0.586. The first-order valence-electron chi connectivity index (χ1n) is 4.66. The number of aromatic nitrogens is 1. The van der Waals surface area contributed by atoms with Gasteiger partial charge >= 0.3 is 5.97 Å². The van der Waals surface area contributed by atoms with Crippen LogP contribution in [0.3, 0.4) is 0 Å². The van der Waals surface area contributed by atoms with Crippen molar-refractivity contribution in [2.24, 2.45) is 5.84 Å². The number of pyridine rings is 1. The number of nitrogen functional groups attached to an aromatic ring is 1. The zero-order chi connectivity index (χ0) is 13.0. The maximum absolute atomic E-state index is 11.2. The van der Waals surface area contributed by atoms with Crippen molar-refractivity contribution < 1.29 is 9.53 Å². The van der Waals surface area contributed by atoms with E-state index in [0.29, 0.717) is 5.82 Å². The predicted molar refractivity (Wildman–Crippen MR) is 67.2 cm³/mol. The van der Waals surface area contributed by atoms with Crippen molar-refractivity contribution in [2.75, 3.05) is 17.9 Å². The summed E-state index contributed by atoms with van der Waals surface area (Å²) in [4.78, 5) is 15.3. The molecule has 0 aliphatic heterocycles. The summed E-state index contributed by atoms with van der Waals surface area (Å²) in [6.45, 7) is 1.62. The molecule has 6 nitrogen and oxygen atoms in total. The lowest BCUT2D eigenvalue weighted by molar-refractivity contribution is -0.141. The Bertz CT molecular complexity index is 428. The van der Waals surface area contributed by atoms with E-state index in [-0.39, 0.29) is 15.9 Å². The predicted octanol–water partition coefficient (Wildman–Crippen LogP) is 1.65. The van der Waals surface area contributed by atoms with E-state index in [0.717, 1.165) is 0 Å². The molecule has 1 rings (SSSR count). The van der Waals surface area contributed by atoms with E-state index >= 15 is 0 Å². The Labute approximate surface area is 108 Å². The van der Waals surface area contributed by atoms with E-state index in [1.165, 1.54) is 13.2 Å². The summed E-state index contributed by atoms with van der Waals surface area (Å²) in [5, 5.41) is 3.36. The van der Waals surface area contributed by atoms with E-state index in [4.69, 9.17) is 29.0 Å². The minimum Gasteiger partial charge on any atom is -0.467 e. The Balaban J connectivity index is 2.94. The van der Waals surface area contributed by atoms with E-state index in [9.17, 15) is 4.79 Å². The molecule has 1 aromatic rings. The van der Waals surface area contributed by atoms with Crippen molar-refractivity contribution in [3.05, 3.63) is 16.1 Å². The van der Waals surface area contributed by atoms with Crippen molar-refractivity contribution in [1.29, 1.82) is 0 Å². The molecule has 0 fully saturated rings. The van der Waals surface area contributed by atoms with Crippen LogP contribution in [-0.4, -0.2) is 24.1 Å². The van der Waals surface area contributed by atoms with Crippen LogP contribution in [-0.2, 0) is 9.53 Å². The number of esters is 1. The lowest BCUT2D eigenvalue weighted by Gasteiger charge is -2.14. The van der Waals surface area contributed by atoms with Gasteiger partial charge < -0.3 is 15.5 Å². The van der Waals surface area contributed by atoms with Crippen LogP contribution in [0.15, 0.2) is 6.07 Å². The number of methoxy groups -OCH3 is 1. The molecule has 0 aliphatic rings. The molecule has 1 unspecified atom stereocenters. The Kier molecular flexibility index (Phi) is 4.80. The molecule has 0 saturated heterocycles. The van der Waals surface area contributed by atoms with Gasteiger partial charge in [0.1, 0.15) is 11.9 Å². The number of carbonyl (C=O) groups is 1. The number of halogens is 2. The fourth-order valence-electron chi connectivity index (χ4n) is 1.11. The Morgan fingerprint density at radius 2 is 2.06 bits per heavy atom. The van der Waals surface area contributed by atoms with Crippen LogP contribution in [0.1, 0.15) is 6.92 Å². The average Bonchev–Trinajstić information content (AvgIpc) is 2.31. The second kappa shape index (κ2) is 5.90. The van der Waals surface area contributed by atoms with Gasteiger partial charge in [-0.15, -0.1) is 0 Å². The standard InChI is InChI=1S/C9H12Cl2N4O2/c1-4(9(16)17-2)13-7-5(10)3-6(11)8(14-7)15-12/h3-4H,12H2,1-2H3,(H2,13,14,15). The molecule has 0 amide bonds. The molecule has 8 heteroatoms. The smallest absolute Gasteiger partial charge is 0.328 e. The van der Waals surface area contributed by atoms with Crippen molar-refractivity contribution >= 4 is 40.8 Å². The van der Waals surface area contributed by atoms with Gasteiger partial charge in [0.05, 0.1) is 17.2 Å². The second-order valence-corrected chi connectivity index (χ2v) is 4.00. The Hall–Kier alpha value is -1.24. The molecule has 4 N–H and O–H groups in total. The van der Waals surface area contributed by atoms with Gasteiger partial charge in [-0.25, -0.2) is 15.6 Å². The second-order valence-electron chi connectivity index (χ2n) is 3.18. The topological polar surface area (TPSA) is 89.3 Å². The third-order valence-electron chi connectivity index (χ3n) is 1.97. The number of anilines is 2. The highest BCUT2D eigenvalue weighted by molar-refractivity contribution is 6.37. The van der Waals surface area contributed by atoms with Gasteiger partial charge in [-0.05, 0) is 13.0 Å². The highest BCUT2D eigenvalue weighted by Crippen LogP contribution is 2.28. The molecule has 0 saturated carbocycles. The number of hydrogen-bond acceptors (Lipinski definition) is 6. The molecule has 94 valence electrons. The summed E-state index contributed by atoms with van der Waals surface area (Å²) in [5.74, 6) is 5.35. The van der Waals surface area contributed by atoms with E-state index in [2.05, 4.69) is 20.5 Å². The maximum atomic E-state index is 11.2. The molecular weight excluding hydrogens is 267 g/mol. The maximum Gasteiger partial charge on any atom is 0.328 e. The van der Waals surface area contributed by atoms with Crippen molar-refractivity contribution in [2.45, 2.75) is 13.0 Å². The largest absolute Gasteiger partial charge is 0.467 e. The fraction of sp³-hybridized carbons (Fsp3) is 0.333. The summed E-state index contributed by atoms with van der Waals surface area (Å²) in [5.41, 5.74) is 2.32. The Morgan fingerprint density at radius 3 is 2.59 bits per heavy atom. The summed E-state index contributed by atoms with van der Waals surface area (Å²) in [6.07, 6.45) is 0. The van der Waals surface area contributed by atoms with Crippen LogP contribution in [0.4, 0.5) is 11.6 Å². The zero-order valence-electron chi connectivity index (χ0n) is 9.25. The summed E-state index contributed by atoms with van der Waals surface area (Å²) in [6, 6.07) is 0.884. The van der Waals surface area contributed by atoms with Crippen LogP contribution >= 0.6 is 23.2 Å². The molecule has 1 aromatic heterocycles. The van der Waals surface area contributed by atoms with Crippen LogP contribution in [0, 0.1) is 0 Å². The molecule has 17 heavy (non-hydrogen) atoms. The SMILES string of the molecule is COC(=O)C(C)Nc1nc(NN)c(Cl)cc1Cl. The summed E-state index contributed by atoms with van der Waals surface area (Å²) < 4.78 is 4.57. The molecular formula is C9H12Cl2N4O2. The number of hydrogen-bond donors (Lipinski definition) is 3. The summed E-state index contributed by atoms with van der Waals surface area (Å²) >= 11 is 11.7. The number of nitrogens with zero attached hydrogens (tertiary/aromatic N) is 1. The third-order valence-corrected chi connectivity index (χ3v) is 2.55. The number of carbonyl (C=O) groups excluding carboxylic acids is 1. The number of nitrogens with two attached hydrogens (primary N) is 1. The average molecular weight is 279 g/mol. The quantitative estimate of drug-likeness (QED) is 0.441. The van der Waals surface area contributed by atoms with Crippen LogP contribution in [0.2, 0.25) is 10.0 Å². The third kappa shape index (κ3) is 3.36. The van der Waals surface area contributed by atoms with Gasteiger partial charge in [0.2, 0.25) is 0 Å². The first-order chi connectivity index (χ1) is 7.99. The monoisotopic (exact) mass is 278 g/mol. The van der Waals surface area contributed by atoms with Gasteiger partial charge in [-0.3, -0.25) is 0 Å². The van der Waals surface area contributed by atoms with Gasteiger partial charge in [-0.1, -0.05) is 23.2 Å². The first kappa shape index (κ1) is 13.8. The highest BCUT2D eigenvalue weighted by Gasteiger charge is 2.16. The molecule has 1 heterocycles. The molecule has 0 aromatic carbocycles. The molecule has 0 bridgehead atoms. The fourth-order valence-corrected chi connectivity index (χ4v) is 1.58. The molecule has 0 radical (unpaired) electrons. The van der Waals surface area contributed by atoms with Crippen LogP contribution in [0.25, 0.3) is 0 Å². The summed E-state index contributed by atoms with van der Waals surface area (Å²) in [7, 11) is 1.30. The minimum absolute atomic E-state index is 0.260. The molecule has 0 aliphatic carbocycles. The van der Waals surface area contributed by atoms with Crippen molar-refractivity contribution in [3.8, 4) is 0 Å². The van der Waals surface area contributed by atoms with Gasteiger partial charge in [0.15, 0.2) is 5.82 Å². The highest BCUT2D eigenvalue weighted by atomic mass is 35.5. The van der Waals surface area contributed by atoms with Crippen molar-refractivity contribution in [3.63, 3.8) is 0 Å². The van der Waals surface area contributed by atoms with E-state index in [1.54, 1.807) is 6.92 Å². The first-order valence-corrected chi connectivity index (χ1v) is 5.42. The van der Waals surface area contributed by atoms with Crippen molar-refractivity contribution in [1.82, 2.24) is 4.98 Å². The number of ether oxygens (including phenoxy) is 1. The number of rotatable bonds is 4. The van der Waals surface area contributed by atoms with Crippen LogP contribution < -0.4 is 16.6 Å². The van der Waals surface area contributed by atoms with Gasteiger partial charge in [-0.2, -0.15) is 0 Å². The Morgan fingerprint density at radius 1 is 1.47 bits per heavy atom. The normalized spacial score (nSPS) is 11.8.